The number of anilines is 1. The summed E-state index contributed by atoms with van der Waals surface area (Å²) < 4.78 is 3.30. The molecule has 3 aromatic carbocycles. The van der Waals surface area contributed by atoms with E-state index in [0.717, 1.165) is 16.1 Å². The van der Waals surface area contributed by atoms with Gasteiger partial charge in [-0.25, -0.2) is 5.48 Å². The van der Waals surface area contributed by atoms with Gasteiger partial charge >= 0.3 is 0 Å². The Morgan fingerprint density at radius 1 is 0.846 bits per heavy atom. The van der Waals surface area contributed by atoms with E-state index in [1.807, 2.05) is 42.5 Å². The molecule has 0 saturated carbocycles. The van der Waals surface area contributed by atoms with Crippen LogP contribution in [0.3, 0.4) is 0 Å². The topological polar surface area (TPSA) is 61.4 Å². The molecule has 26 heavy (non-hydrogen) atoms. The van der Waals surface area contributed by atoms with E-state index in [9.17, 15) is 4.79 Å². The van der Waals surface area contributed by atoms with Crippen LogP contribution in [0.25, 0.3) is 17.2 Å². The fourth-order valence-corrected chi connectivity index (χ4v) is 2.98. The Hall–Kier alpha value is -3.02. The first-order chi connectivity index (χ1) is 12.7. The number of carbonyl (C=O) groups is 1. The Kier molecular flexibility index (Phi) is 6.09. The minimum Gasteiger partial charge on any atom is -0.326 e. The minimum absolute atomic E-state index is 0.554. The molecular weight excluding hydrogens is 344 g/mol. The van der Waals surface area contributed by atoms with Crippen LogP contribution in [0.1, 0.15) is 5.56 Å². The monoisotopic (exact) mass is 362 g/mol. The van der Waals surface area contributed by atoms with Gasteiger partial charge in [-0.05, 0) is 59.0 Å². The number of nitrogens with one attached hydrogen (secondary N) is 2. The van der Waals surface area contributed by atoms with Crippen molar-refractivity contribution in [2.45, 2.75) is 4.90 Å². The zero-order valence-corrected chi connectivity index (χ0v) is 14.7. The predicted octanol–water partition coefficient (Wildman–Crippen LogP) is 4.99. The Labute approximate surface area is 156 Å². The highest BCUT2D eigenvalue weighted by Gasteiger charge is 1.99. The fraction of sp³-hybridized carbons (Fsp3) is 0. The van der Waals surface area contributed by atoms with Gasteiger partial charge < -0.3 is 4.72 Å². The molecule has 3 aromatic rings. The molecule has 0 fully saturated rings. The van der Waals surface area contributed by atoms with Gasteiger partial charge in [-0.15, -0.1) is 0 Å². The standard InChI is InChI=1S/C21H18N2O2S/c24-21(22-25)15-8-16-6-11-19(12-7-16)23-26-20-13-9-18(10-14-20)17-4-2-1-3-5-17/h1-15,23,25H,(H,22,24)/b15-8+. The maximum atomic E-state index is 11.0. The van der Waals surface area contributed by atoms with Crippen molar-refractivity contribution in [1.82, 2.24) is 5.48 Å². The van der Waals surface area contributed by atoms with Gasteiger partial charge in [0.05, 0.1) is 0 Å². The van der Waals surface area contributed by atoms with Gasteiger partial charge in [0.2, 0.25) is 0 Å². The molecule has 1 amide bonds. The van der Waals surface area contributed by atoms with Crippen molar-refractivity contribution in [2.24, 2.45) is 0 Å². The van der Waals surface area contributed by atoms with E-state index in [2.05, 4.69) is 41.1 Å². The number of hydrogen-bond donors (Lipinski definition) is 3. The van der Waals surface area contributed by atoms with Crippen LogP contribution < -0.4 is 10.2 Å². The Balaban J connectivity index is 1.57. The Bertz CT molecular complexity index is 876. The minimum atomic E-state index is -0.554. The molecule has 0 unspecified atom stereocenters. The molecule has 0 spiro atoms. The molecular formula is C21H18N2O2S. The average Bonchev–Trinajstić information content (AvgIpc) is 2.72. The van der Waals surface area contributed by atoms with Crippen LogP contribution in [0.15, 0.2) is 89.8 Å². The highest BCUT2D eigenvalue weighted by atomic mass is 32.2. The molecule has 0 atom stereocenters. The lowest BCUT2D eigenvalue weighted by molar-refractivity contribution is -0.124. The van der Waals surface area contributed by atoms with Crippen LogP contribution in [0.4, 0.5) is 5.69 Å². The van der Waals surface area contributed by atoms with E-state index in [-0.39, 0.29) is 0 Å². The molecule has 0 aliphatic rings. The molecule has 5 heteroatoms. The van der Waals surface area contributed by atoms with Crippen LogP contribution in [0, 0.1) is 0 Å². The molecule has 130 valence electrons. The summed E-state index contributed by atoms with van der Waals surface area (Å²) in [7, 11) is 0. The third-order valence-corrected chi connectivity index (χ3v) is 4.54. The number of rotatable bonds is 6. The lowest BCUT2D eigenvalue weighted by Crippen LogP contribution is -2.14. The third kappa shape index (κ3) is 4.99. The fourth-order valence-electron chi connectivity index (χ4n) is 2.34. The Morgan fingerprint density at radius 3 is 2.15 bits per heavy atom. The molecule has 3 N–H and O–H groups in total. The second kappa shape index (κ2) is 8.89. The summed E-state index contributed by atoms with van der Waals surface area (Å²) in [6, 6.07) is 26.3. The summed E-state index contributed by atoms with van der Waals surface area (Å²) >= 11 is 1.54. The molecule has 4 nitrogen and oxygen atoms in total. The summed E-state index contributed by atoms with van der Waals surface area (Å²) in [5.41, 5.74) is 5.79. The molecule has 0 saturated heterocycles. The van der Waals surface area contributed by atoms with Crippen molar-refractivity contribution in [3.8, 4) is 11.1 Å². The van der Waals surface area contributed by atoms with Crippen molar-refractivity contribution in [1.29, 1.82) is 0 Å². The lowest BCUT2D eigenvalue weighted by Gasteiger charge is -2.07. The van der Waals surface area contributed by atoms with Gasteiger partial charge in [-0.3, -0.25) is 10.0 Å². The van der Waals surface area contributed by atoms with Crippen LogP contribution in [-0.2, 0) is 4.79 Å². The molecule has 0 aliphatic heterocycles. The summed E-state index contributed by atoms with van der Waals surface area (Å²) in [6.07, 6.45) is 2.90. The molecule has 0 aliphatic carbocycles. The Morgan fingerprint density at radius 2 is 1.50 bits per heavy atom. The SMILES string of the molecule is O=C(/C=C/c1ccc(NSc2ccc(-c3ccccc3)cc2)cc1)NO. The second-order valence-corrected chi connectivity index (χ2v) is 6.41. The smallest absolute Gasteiger partial charge is 0.267 e. The van der Waals surface area contributed by atoms with Gasteiger partial charge in [-0.1, -0.05) is 54.6 Å². The summed E-state index contributed by atoms with van der Waals surface area (Å²) in [6.45, 7) is 0. The van der Waals surface area contributed by atoms with Gasteiger partial charge in [0.1, 0.15) is 0 Å². The lowest BCUT2D eigenvalue weighted by atomic mass is 10.1. The van der Waals surface area contributed by atoms with E-state index in [0.29, 0.717) is 0 Å². The first-order valence-corrected chi connectivity index (χ1v) is 8.87. The number of amides is 1. The molecule has 0 heterocycles. The quantitative estimate of drug-likeness (QED) is 0.250. The normalized spacial score (nSPS) is 10.7. The van der Waals surface area contributed by atoms with Crippen LogP contribution in [0.5, 0.6) is 0 Å². The van der Waals surface area contributed by atoms with Crippen molar-refractivity contribution in [3.05, 3.63) is 90.5 Å². The second-order valence-electron chi connectivity index (χ2n) is 5.53. The van der Waals surface area contributed by atoms with E-state index >= 15 is 0 Å². The van der Waals surface area contributed by atoms with Gasteiger partial charge in [-0.2, -0.15) is 0 Å². The molecule has 0 aromatic heterocycles. The summed E-state index contributed by atoms with van der Waals surface area (Å²) in [4.78, 5) is 12.1. The zero-order chi connectivity index (χ0) is 18.2. The van der Waals surface area contributed by atoms with E-state index in [1.165, 1.54) is 29.2 Å². The van der Waals surface area contributed by atoms with Crippen LogP contribution in [-0.4, -0.2) is 11.1 Å². The molecule has 0 radical (unpaired) electrons. The molecule has 3 rings (SSSR count). The van der Waals surface area contributed by atoms with Gasteiger partial charge in [0, 0.05) is 16.7 Å². The van der Waals surface area contributed by atoms with Gasteiger partial charge in [0.25, 0.3) is 5.91 Å². The maximum Gasteiger partial charge on any atom is 0.267 e. The van der Waals surface area contributed by atoms with Crippen molar-refractivity contribution < 1.29 is 10.0 Å². The number of benzene rings is 3. The first-order valence-electron chi connectivity index (χ1n) is 8.05. The number of carbonyl (C=O) groups excluding carboxylic acids is 1. The zero-order valence-electron chi connectivity index (χ0n) is 13.9. The number of hydroxylamine groups is 1. The van der Waals surface area contributed by atoms with Crippen molar-refractivity contribution in [3.63, 3.8) is 0 Å². The molecule has 0 bridgehead atoms. The number of hydrogen-bond acceptors (Lipinski definition) is 4. The largest absolute Gasteiger partial charge is 0.326 e. The van der Waals surface area contributed by atoms with E-state index < -0.39 is 5.91 Å². The van der Waals surface area contributed by atoms with E-state index in [4.69, 9.17) is 5.21 Å². The van der Waals surface area contributed by atoms with Crippen molar-refractivity contribution >= 4 is 29.6 Å². The first kappa shape index (κ1) is 17.8. The average molecular weight is 362 g/mol. The summed E-state index contributed by atoms with van der Waals surface area (Å²) in [5, 5.41) is 8.45. The maximum absolute atomic E-state index is 11.0. The van der Waals surface area contributed by atoms with Gasteiger partial charge in [0.15, 0.2) is 0 Å². The third-order valence-electron chi connectivity index (χ3n) is 3.70. The highest BCUT2D eigenvalue weighted by molar-refractivity contribution is 8.00. The predicted molar refractivity (Wildman–Crippen MR) is 107 cm³/mol. The highest BCUT2D eigenvalue weighted by Crippen LogP contribution is 2.25. The van der Waals surface area contributed by atoms with Crippen LogP contribution >= 0.6 is 11.9 Å². The summed E-state index contributed by atoms with van der Waals surface area (Å²) in [5.74, 6) is -0.554. The van der Waals surface area contributed by atoms with Crippen LogP contribution in [0.2, 0.25) is 0 Å². The van der Waals surface area contributed by atoms with E-state index in [1.54, 1.807) is 11.6 Å². The van der Waals surface area contributed by atoms with Crippen molar-refractivity contribution in [2.75, 3.05) is 4.72 Å².